The van der Waals surface area contributed by atoms with Gasteiger partial charge in [-0.15, -0.1) is 0 Å². The van der Waals surface area contributed by atoms with Crippen molar-refractivity contribution in [3.8, 4) is 0 Å². The first-order valence-electron chi connectivity index (χ1n) is 5.08. The van der Waals surface area contributed by atoms with E-state index in [-0.39, 0.29) is 11.6 Å². The van der Waals surface area contributed by atoms with Crippen LogP contribution >= 0.6 is 0 Å². The van der Waals surface area contributed by atoms with Crippen LogP contribution in [0.25, 0.3) is 0 Å². The first kappa shape index (κ1) is 12.4. The summed E-state index contributed by atoms with van der Waals surface area (Å²) in [7, 11) is 0. The maximum absolute atomic E-state index is 11.1. The molecule has 0 aromatic carbocycles. The molecule has 0 saturated heterocycles. The van der Waals surface area contributed by atoms with Crippen LogP contribution in [0, 0.1) is 5.92 Å². The van der Waals surface area contributed by atoms with Gasteiger partial charge in [0.05, 0.1) is 5.71 Å². The van der Waals surface area contributed by atoms with Crippen LogP contribution in [0.4, 0.5) is 4.79 Å². The van der Waals surface area contributed by atoms with E-state index < -0.39 is 17.7 Å². The number of carboxylic acid groups (broad SMARTS) is 1. The van der Waals surface area contributed by atoms with Gasteiger partial charge < -0.3 is 9.84 Å². The number of rotatable bonds is 4. The van der Waals surface area contributed by atoms with Gasteiger partial charge >= 0.3 is 12.1 Å². The molecule has 5 heteroatoms. The van der Waals surface area contributed by atoms with Crippen LogP contribution in [0.15, 0.2) is 17.1 Å². The third-order valence-corrected chi connectivity index (χ3v) is 2.59. The molecule has 0 bridgehead atoms. The van der Waals surface area contributed by atoms with Gasteiger partial charge in [-0.05, 0) is 20.3 Å². The number of amides is 1. The first-order chi connectivity index (χ1) is 7.41. The Morgan fingerprint density at radius 1 is 1.69 bits per heavy atom. The molecule has 0 unspecified atom stereocenters. The molecule has 5 nitrogen and oxygen atoms in total. The van der Waals surface area contributed by atoms with Crippen LogP contribution in [-0.2, 0) is 9.53 Å². The van der Waals surface area contributed by atoms with Crippen LogP contribution in [-0.4, -0.2) is 28.5 Å². The summed E-state index contributed by atoms with van der Waals surface area (Å²) in [6, 6.07) is 0. The summed E-state index contributed by atoms with van der Waals surface area (Å²) >= 11 is 0. The first-order valence-corrected chi connectivity index (χ1v) is 5.08. The van der Waals surface area contributed by atoms with E-state index in [1.165, 1.54) is 6.92 Å². The minimum atomic E-state index is -1.61. The lowest BCUT2D eigenvalue weighted by atomic mass is 9.88. The van der Waals surface area contributed by atoms with Crippen molar-refractivity contribution in [1.29, 1.82) is 0 Å². The zero-order valence-corrected chi connectivity index (χ0v) is 9.56. The van der Waals surface area contributed by atoms with Gasteiger partial charge in [-0.3, -0.25) is 0 Å². The van der Waals surface area contributed by atoms with Crippen molar-refractivity contribution in [1.82, 2.24) is 0 Å². The Hall–Kier alpha value is -1.65. The van der Waals surface area contributed by atoms with Crippen molar-refractivity contribution in [2.24, 2.45) is 10.9 Å². The number of aliphatic carboxylic acids is 1. The lowest BCUT2D eigenvalue weighted by Gasteiger charge is -2.22. The zero-order valence-electron chi connectivity index (χ0n) is 9.56. The Balaban J connectivity index is 2.95. The fourth-order valence-electron chi connectivity index (χ4n) is 1.64. The Morgan fingerprint density at radius 3 is 2.81 bits per heavy atom. The molecule has 1 heterocycles. The summed E-state index contributed by atoms with van der Waals surface area (Å²) in [5, 5.41) is 9.06. The molecule has 1 rings (SSSR count). The molecule has 2 atom stereocenters. The highest BCUT2D eigenvalue weighted by Crippen LogP contribution is 2.27. The summed E-state index contributed by atoms with van der Waals surface area (Å²) in [6.07, 6.45) is 3.58. The van der Waals surface area contributed by atoms with Gasteiger partial charge in [0.25, 0.3) is 0 Å². The highest BCUT2D eigenvalue weighted by molar-refractivity contribution is 6.16. The molecule has 0 radical (unpaired) electrons. The maximum atomic E-state index is 11.1. The zero-order chi connectivity index (χ0) is 12.3. The van der Waals surface area contributed by atoms with Crippen LogP contribution in [0.1, 0.15) is 27.2 Å². The Kier molecular flexibility index (Phi) is 3.47. The molecule has 0 aliphatic carbocycles. The number of cyclic esters (lactones) is 1. The predicted octanol–water partition coefficient (Wildman–Crippen LogP) is 2.02. The largest absolute Gasteiger partial charge is 0.478 e. The minimum Gasteiger partial charge on any atom is -0.478 e. The lowest BCUT2D eigenvalue weighted by Crippen LogP contribution is -2.45. The molecule has 16 heavy (non-hydrogen) atoms. The fourth-order valence-corrected chi connectivity index (χ4v) is 1.64. The van der Waals surface area contributed by atoms with Crippen molar-refractivity contribution in [2.45, 2.75) is 32.8 Å². The average molecular weight is 225 g/mol. The fraction of sp³-hybridized carbons (Fsp3) is 0.545. The molecule has 0 aromatic heterocycles. The SMILES string of the molecule is C/C=C/C[C@@H](C)C1=NC(=O)O[C@]1(C)C(=O)O. The number of carboxylic acids is 1. The summed E-state index contributed by atoms with van der Waals surface area (Å²) in [4.78, 5) is 25.8. The van der Waals surface area contributed by atoms with Crippen molar-refractivity contribution in [3.05, 3.63) is 12.2 Å². The molecule has 0 fully saturated rings. The third kappa shape index (κ3) is 2.13. The Labute approximate surface area is 93.8 Å². The second-order valence-corrected chi connectivity index (χ2v) is 3.91. The molecule has 1 aliphatic rings. The summed E-state index contributed by atoms with van der Waals surface area (Å²) in [5.74, 6) is -1.33. The van der Waals surface area contributed by atoms with Crippen molar-refractivity contribution in [3.63, 3.8) is 0 Å². The lowest BCUT2D eigenvalue weighted by molar-refractivity contribution is -0.149. The summed E-state index contributed by atoms with van der Waals surface area (Å²) in [6.45, 7) is 5.05. The molecule has 1 aliphatic heterocycles. The number of hydrogen-bond acceptors (Lipinski definition) is 3. The van der Waals surface area contributed by atoms with E-state index in [4.69, 9.17) is 9.84 Å². The van der Waals surface area contributed by atoms with E-state index in [1.54, 1.807) is 0 Å². The van der Waals surface area contributed by atoms with E-state index in [2.05, 4.69) is 4.99 Å². The Bertz CT molecular complexity index is 372. The highest BCUT2D eigenvalue weighted by Gasteiger charge is 2.49. The predicted molar refractivity (Wildman–Crippen MR) is 58.6 cm³/mol. The second kappa shape index (κ2) is 4.47. The van der Waals surface area contributed by atoms with Crippen molar-refractivity contribution in [2.75, 3.05) is 0 Å². The second-order valence-electron chi connectivity index (χ2n) is 3.91. The average Bonchev–Trinajstić information content (AvgIpc) is 2.52. The molecular formula is C11H15NO4. The summed E-state index contributed by atoms with van der Waals surface area (Å²) < 4.78 is 4.76. The number of carbonyl (C=O) groups is 2. The number of hydrogen-bond donors (Lipinski definition) is 1. The third-order valence-electron chi connectivity index (χ3n) is 2.59. The van der Waals surface area contributed by atoms with Gasteiger partial charge in [0.15, 0.2) is 0 Å². The molecule has 0 spiro atoms. The van der Waals surface area contributed by atoms with Gasteiger partial charge in [0.2, 0.25) is 5.60 Å². The summed E-state index contributed by atoms with van der Waals surface area (Å²) in [5.41, 5.74) is -1.33. The highest BCUT2D eigenvalue weighted by atomic mass is 16.6. The molecule has 1 N–H and O–H groups in total. The van der Waals surface area contributed by atoms with Crippen molar-refractivity contribution >= 4 is 17.8 Å². The normalized spacial score (nSPS) is 26.7. The topological polar surface area (TPSA) is 76.0 Å². The van der Waals surface area contributed by atoms with Gasteiger partial charge in [-0.25, -0.2) is 9.59 Å². The molecule has 1 amide bonds. The van der Waals surface area contributed by atoms with Gasteiger partial charge in [0.1, 0.15) is 0 Å². The quantitative estimate of drug-likeness (QED) is 0.742. The van der Waals surface area contributed by atoms with Crippen LogP contribution in [0.5, 0.6) is 0 Å². The van der Waals surface area contributed by atoms with Crippen LogP contribution in [0.3, 0.4) is 0 Å². The molecule has 88 valence electrons. The van der Waals surface area contributed by atoms with Crippen molar-refractivity contribution < 1.29 is 19.4 Å². The van der Waals surface area contributed by atoms with Gasteiger partial charge in [0, 0.05) is 5.92 Å². The molecule has 0 aromatic rings. The number of carbonyl (C=O) groups excluding carboxylic acids is 1. The van der Waals surface area contributed by atoms with Gasteiger partial charge in [-0.1, -0.05) is 19.1 Å². The smallest absolute Gasteiger partial charge is 0.435 e. The van der Waals surface area contributed by atoms with E-state index in [0.29, 0.717) is 6.42 Å². The number of nitrogens with zero attached hydrogens (tertiary/aromatic N) is 1. The van der Waals surface area contributed by atoms with E-state index in [1.807, 2.05) is 26.0 Å². The van der Waals surface area contributed by atoms with Crippen LogP contribution in [0.2, 0.25) is 0 Å². The Morgan fingerprint density at radius 2 is 2.31 bits per heavy atom. The monoisotopic (exact) mass is 225 g/mol. The number of allylic oxidation sites excluding steroid dienone is 2. The van der Waals surface area contributed by atoms with Crippen LogP contribution < -0.4 is 0 Å². The van der Waals surface area contributed by atoms with E-state index in [0.717, 1.165) is 0 Å². The van der Waals surface area contributed by atoms with E-state index >= 15 is 0 Å². The molecular weight excluding hydrogens is 210 g/mol. The van der Waals surface area contributed by atoms with Gasteiger partial charge in [-0.2, -0.15) is 4.99 Å². The van der Waals surface area contributed by atoms with E-state index in [9.17, 15) is 9.59 Å². The molecule has 0 saturated carbocycles. The maximum Gasteiger partial charge on any atom is 0.435 e. The minimum absolute atomic E-state index is 0.135. The number of ether oxygens (including phenoxy) is 1. The number of aliphatic imine (C=N–C) groups is 1. The standard InChI is InChI=1S/C11H15NO4/c1-4-5-6-7(2)8-11(3,9(13)14)16-10(15)12-8/h4-5,7H,6H2,1-3H3,(H,13,14)/b5-4+/t7-,11+/m1/s1.